The molecule has 0 aliphatic carbocycles. The maximum absolute atomic E-state index is 11.9. The van der Waals surface area contributed by atoms with Crippen molar-refractivity contribution in [2.75, 3.05) is 32.8 Å². The van der Waals surface area contributed by atoms with Gasteiger partial charge in [0.15, 0.2) is 0 Å². The van der Waals surface area contributed by atoms with Crippen LogP contribution in [0.2, 0.25) is 0 Å². The fourth-order valence-corrected chi connectivity index (χ4v) is 2.86. The van der Waals surface area contributed by atoms with E-state index >= 15 is 0 Å². The third-order valence-electron chi connectivity index (χ3n) is 4.02. The van der Waals surface area contributed by atoms with Crippen LogP contribution in [0.5, 0.6) is 0 Å². The van der Waals surface area contributed by atoms with Gasteiger partial charge < -0.3 is 20.3 Å². The van der Waals surface area contributed by atoms with E-state index in [0.29, 0.717) is 32.0 Å². The molecule has 0 radical (unpaired) electrons. The first-order valence-corrected chi connectivity index (χ1v) is 7.60. The van der Waals surface area contributed by atoms with Gasteiger partial charge >= 0.3 is 6.09 Å². The SMILES string of the molecule is CCOC(=O)N1CCC(NC(=O)CC2CCNC2)CC1. The molecule has 0 aromatic heterocycles. The van der Waals surface area contributed by atoms with Crippen molar-refractivity contribution in [1.82, 2.24) is 15.5 Å². The lowest BCUT2D eigenvalue weighted by Gasteiger charge is -2.31. The van der Waals surface area contributed by atoms with Crippen molar-refractivity contribution in [2.45, 2.75) is 38.6 Å². The average molecular weight is 283 g/mol. The summed E-state index contributed by atoms with van der Waals surface area (Å²) in [5.74, 6) is 0.628. The van der Waals surface area contributed by atoms with Crippen LogP contribution < -0.4 is 10.6 Å². The number of carbonyl (C=O) groups is 2. The summed E-state index contributed by atoms with van der Waals surface area (Å²) in [4.78, 5) is 25.2. The van der Waals surface area contributed by atoms with E-state index < -0.39 is 0 Å². The van der Waals surface area contributed by atoms with E-state index in [1.54, 1.807) is 4.90 Å². The molecule has 114 valence electrons. The van der Waals surface area contributed by atoms with E-state index in [9.17, 15) is 9.59 Å². The lowest BCUT2D eigenvalue weighted by molar-refractivity contribution is -0.122. The molecule has 2 aliphatic heterocycles. The van der Waals surface area contributed by atoms with E-state index in [4.69, 9.17) is 4.74 Å². The summed E-state index contributed by atoms with van der Waals surface area (Å²) in [6.45, 7) is 5.52. The molecular weight excluding hydrogens is 258 g/mol. The van der Waals surface area contributed by atoms with Crippen molar-refractivity contribution in [3.8, 4) is 0 Å². The zero-order valence-corrected chi connectivity index (χ0v) is 12.2. The third kappa shape index (κ3) is 4.37. The predicted octanol–water partition coefficient (Wildman–Crippen LogP) is 0.723. The van der Waals surface area contributed by atoms with Crippen LogP contribution in [-0.4, -0.2) is 55.7 Å². The lowest BCUT2D eigenvalue weighted by atomic mass is 10.0. The molecule has 0 spiro atoms. The highest BCUT2D eigenvalue weighted by Crippen LogP contribution is 2.14. The van der Waals surface area contributed by atoms with Crippen LogP contribution in [0.25, 0.3) is 0 Å². The summed E-state index contributed by atoms with van der Waals surface area (Å²) in [5, 5.41) is 6.37. The summed E-state index contributed by atoms with van der Waals surface area (Å²) >= 11 is 0. The van der Waals surface area contributed by atoms with Crippen molar-refractivity contribution in [2.24, 2.45) is 5.92 Å². The molecule has 0 saturated carbocycles. The van der Waals surface area contributed by atoms with Crippen molar-refractivity contribution in [1.29, 1.82) is 0 Å². The van der Waals surface area contributed by atoms with Gasteiger partial charge in [-0.3, -0.25) is 4.79 Å². The molecule has 2 N–H and O–H groups in total. The molecule has 2 rings (SSSR count). The first-order valence-electron chi connectivity index (χ1n) is 7.60. The first kappa shape index (κ1) is 15.1. The Labute approximate surface area is 120 Å². The van der Waals surface area contributed by atoms with E-state index in [2.05, 4.69) is 10.6 Å². The summed E-state index contributed by atoms with van der Waals surface area (Å²) < 4.78 is 4.98. The highest BCUT2D eigenvalue weighted by Gasteiger charge is 2.25. The molecule has 1 unspecified atom stereocenters. The molecule has 2 amide bonds. The van der Waals surface area contributed by atoms with Gasteiger partial charge in [-0.1, -0.05) is 0 Å². The minimum atomic E-state index is -0.241. The van der Waals surface area contributed by atoms with Crippen LogP contribution in [0, 0.1) is 5.92 Å². The Morgan fingerprint density at radius 2 is 2.05 bits per heavy atom. The van der Waals surface area contributed by atoms with Crippen LogP contribution in [0.1, 0.15) is 32.6 Å². The fourth-order valence-electron chi connectivity index (χ4n) is 2.86. The van der Waals surface area contributed by atoms with Crippen molar-refractivity contribution < 1.29 is 14.3 Å². The molecule has 0 bridgehead atoms. The molecule has 2 saturated heterocycles. The van der Waals surface area contributed by atoms with E-state index in [1.807, 2.05) is 6.92 Å². The van der Waals surface area contributed by atoms with E-state index in [-0.39, 0.29) is 18.0 Å². The second-order valence-electron chi connectivity index (χ2n) is 5.59. The average Bonchev–Trinajstić information content (AvgIpc) is 2.92. The third-order valence-corrected chi connectivity index (χ3v) is 4.02. The fraction of sp³-hybridized carbons (Fsp3) is 0.857. The van der Waals surface area contributed by atoms with E-state index in [0.717, 1.165) is 32.4 Å². The predicted molar refractivity (Wildman–Crippen MR) is 75.4 cm³/mol. The summed E-state index contributed by atoms with van der Waals surface area (Å²) in [6, 6.07) is 0.197. The van der Waals surface area contributed by atoms with Crippen molar-refractivity contribution in [3.05, 3.63) is 0 Å². The van der Waals surface area contributed by atoms with Crippen LogP contribution in [0.15, 0.2) is 0 Å². The van der Waals surface area contributed by atoms with Gasteiger partial charge in [-0.15, -0.1) is 0 Å². The van der Waals surface area contributed by atoms with Crippen LogP contribution in [0.4, 0.5) is 4.79 Å². The summed E-state index contributed by atoms with van der Waals surface area (Å²) in [6.07, 6.45) is 3.09. The Morgan fingerprint density at radius 3 is 2.65 bits per heavy atom. The minimum Gasteiger partial charge on any atom is -0.450 e. The van der Waals surface area contributed by atoms with Gasteiger partial charge in [0.2, 0.25) is 5.91 Å². The summed E-state index contributed by atoms with van der Waals surface area (Å²) in [5.41, 5.74) is 0. The number of ether oxygens (including phenoxy) is 1. The zero-order valence-electron chi connectivity index (χ0n) is 12.2. The first-order chi connectivity index (χ1) is 9.69. The molecule has 2 heterocycles. The van der Waals surface area contributed by atoms with Gasteiger partial charge in [0, 0.05) is 25.6 Å². The number of hydrogen-bond donors (Lipinski definition) is 2. The van der Waals surface area contributed by atoms with Gasteiger partial charge in [0.25, 0.3) is 0 Å². The van der Waals surface area contributed by atoms with Gasteiger partial charge in [-0.25, -0.2) is 4.79 Å². The van der Waals surface area contributed by atoms with Gasteiger partial charge in [0.05, 0.1) is 6.61 Å². The molecule has 1 atom stereocenters. The maximum atomic E-state index is 11.9. The van der Waals surface area contributed by atoms with Gasteiger partial charge in [-0.05, 0) is 45.2 Å². The molecule has 6 nitrogen and oxygen atoms in total. The highest BCUT2D eigenvalue weighted by molar-refractivity contribution is 5.76. The topological polar surface area (TPSA) is 70.7 Å². The molecule has 20 heavy (non-hydrogen) atoms. The van der Waals surface area contributed by atoms with Crippen molar-refractivity contribution >= 4 is 12.0 Å². The normalized spacial score (nSPS) is 23.6. The Hall–Kier alpha value is -1.30. The largest absolute Gasteiger partial charge is 0.450 e. The zero-order chi connectivity index (χ0) is 14.4. The van der Waals surface area contributed by atoms with Crippen molar-refractivity contribution in [3.63, 3.8) is 0 Å². The quantitative estimate of drug-likeness (QED) is 0.797. The molecule has 2 fully saturated rings. The number of nitrogens with one attached hydrogen (secondary N) is 2. The second-order valence-corrected chi connectivity index (χ2v) is 5.59. The number of likely N-dealkylation sites (tertiary alicyclic amines) is 1. The van der Waals surface area contributed by atoms with Crippen LogP contribution >= 0.6 is 0 Å². The molecule has 0 aromatic rings. The number of carbonyl (C=O) groups excluding carboxylic acids is 2. The smallest absolute Gasteiger partial charge is 0.409 e. The Kier molecular flexibility index (Phi) is 5.64. The number of rotatable bonds is 4. The number of hydrogen-bond acceptors (Lipinski definition) is 4. The van der Waals surface area contributed by atoms with Crippen LogP contribution in [0.3, 0.4) is 0 Å². The highest BCUT2D eigenvalue weighted by atomic mass is 16.6. The Balaban J connectivity index is 1.65. The monoisotopic (exact) mass is 283 g/mol. The molecule has 6 heteroatoms. The lowest BCUT2D eigenvalue weighted by Crippen LogP contribution is -2.47. The minimum absolute atomic E-state index is 0.147. The maximum Gasteiger partial charge on any atom is 0.409 e. The summed E-state index contributed by atoms with van der Waals surface area (Å²) in [7, 11) is 0. The van der Waals surface area contributed by atoms with Crippen LogP contribution in [-0.2, 0) is 9.53 Å². The number of amides is 2. The number of piperidine rings is 1. The number of nitrogens with zero attached hydrogens (tertiary/aromatic N) is 1. The Bertz CT molecular complexity index is 335. The van der Waals surface area contributed by atoms with Gasteiger partial charge in [0.1, 0.15) is 0 Å². The molecule has 0 aromatic carbocycles. The van der Waals surface area contributed by atoms with Gasteiger partial charge in [-0.2, -0.15) is 0 Å². The standard InChI is InChI=1S/C14H25N3O3/c1-2-20-14(19)17-7-4-12(5-8-17)16-13(18)9-11-3-6-15-10-11/h11-12,15H,2-10H2,1H3,(H,16,18). The van der Waals surface area contributed by atoms with E-state index in [1.165, 1.54) is 0 Å². The Morgan fingerprint density at radius 1 is 1.30 bits per heavy atom. The second kappa shape index (κ2) is 7.47. The molecular formula is C14H25N3O3. The molecule has 2 aliphatic rings.